The van der Waals surface area contributed by atoms with E-state index in [9.17, 15) is 13.6 Å². The topological polar surface area (TPSA) is 79.5 Å². The highest BCUT2D eigenvalue weighted by Gasteiger charge is 2.17. The summed E-state index contributed by atoms with van der Waals surface area (Å²) in [6.07, 6.45) is 1.11. The van der Waals surface area contributed by atoms with Gasteiger partial charge in [0.25, 0.3) is 5.91 Å². The molecule has 0 atom stereocenters. The van der Waals surface area contributed by atoms with E-state index in [-0.39, 0.29) is 0 Å². The number of hydrogen-bond acceptors (Lipinski definition) is 3. The van der Waals surface area contributed by atoms with Gasteiger partial charge in [0.15, 0.2) is 0 Å². The molecule has 152 valence electrons. The van der Waals surface area contributed by atoms with E-state index in [0.717, 1.165) is 40.7 Å². The predicted octanol–water partition coefficient (Wildman–Crippen LogP) is 4.36. The van der Waals surface area contributed by atoms with Crippen molar-refractivity contribution in [3.05, 3.63) is 89.0 Å². The van der Waals surface area contributed by atoms with Crippen LogP contribution >= 0.6 is 12.2 Å². The molecule has 0 fully saturated rings. The fourth-order valence-corrected chi connectivity index (χ4v) is 3.06. The lowest BCUT2D eigenvalue weighted by Crippen LogP contribution is -2.17. The number of anilines is 1. The van der Waals surface area contributed by atoms with Gasteiger partial charge < -0.3 is 11.1 Å². The number of thiocarbonyl (C=S) groups is 1. The summed E-state index contributed by atoms with van der Waals surface area (Å²) in [5, 5.41) is 6.23. The van der Waals surface area contributed by atoms with Crippen LogP contribution in [0.2, 0.25) is 0 Å². The molecule has 0 saturated heterocycles. The van der Waals surface area contributed by atoms with Crippen LogP contribution in [0, 0.1) is 18.6 Å². The van der Waals surface area contributed by atoms with E-state index in [0.29, 0.717) is 10.7 Å². The third-order valence-corrected chi connectivity index (χ3v) is 4.71. The maximum absolute atomic E-state index is 13.8. The number of benzene rings is 3. The molecule has 0 aromatic heterocycles. The number of nitrogens with zero attached hydrogens (tertiary/aromatic N) is 1. The molecule has 3 rings (SSSR count). The number of hydrogen-bond donors (Lipinski definition) is 3. The Kier molecular flexibility index (Phi) is 6.48. The maximum Gasteiger partial charge on any atom is 0.261 e. The van der Waals surface area contributed by atoms with Gasteiger partial charge >= 0.3 is 0 Å². The molecular weight excluding hydrogens is 406 g/mol. The van der Waals surface area contributed by atoms with Crippen molar-refractivity contribution in [2.75, 3.05) is 5.32 Å². The molecule has 30 heavy (non-hydrogen) atoms. The number of nitrogens with one attached hydrogen (secondary N) is 2. The molecule has 0 radical (unpaired) electrons. The molecule has 0 aliphatic carbocycles. The van der Waals surface area contributed by atoms with Gasteiger partial charge in [0.1, 0.15) is 28.5 Å². The maximum atomic E-state index is 13.8. The standard InChI is InChI=1S/C22H18F2N4OS/c1-13-5-6-15(22(30)28-26-12-25)11-17(13)14-7-9-16(10-8-14)27-21(29)20-18(23)3-2-4-19(20)24/h2-12H,1H3,(H2,25,26)(H,27,29)(H,28,30). The molecule has 1 amide bonds. The molecule has 0 bridgehead atoms. The smallest absolute Gasteiger partial charge is 0.261 e. The normalized spacial score (nSPS) is 10.8. The first kappa shape index (κ1) is 21.1. The minimum absolute atomic E-state index is 0.412. The number of nitrogens with two attached hydrogens (primary N) is 1. The minimum atomic E-state index is -0.917. The first-order chi connectivity index (χ1) is 14.4. The summed E-state index contributed by atoms with van der Waals surface area (Å²) >= 11 is 5.29. The predicted molar refractivity (Wildman–Crippen MR) is 118 cm³/mol. The summed E-state index contributed by atoms with van der Waals surface area (Å²) in [6, 6.07) is 15.9. The van der Waals surface area contributed by atoms with Crippen molar-refractivity contribution in [2.45, 2.75) is 6.92 Å². The van der Waals surface area contributed by atoms with Gasteiger partial charge in [0.05, 0.1) is 0 Å². The Morgan fingerprint density at radius 2 is 1.73 bits per heavy atom. The van der Waals surface area contributed by atoms with Gasteiger partial charge in [-0.1, -0.05) is 42.5 Å². The van der Waals surface area contributed by atoms with Crippen molar-refractivity contribution < 1.29 is 13.6 Å². The first-order valence-electron chi connectivity index (χ1n) is 8.90. The van der Waals surface area contributed by atoms with Crippen molar-refractivity contribution in [1.29, 1.82) is 0 Å². The van der Waals surface area contributed by atoms with Crippen molar-refractivity contribution in [3.8, 4) is 11.1 Å². The van der Waals surface area contributed by atoms with Gasteiger partial charge in [-0.3, -0.25) is 10.2 Å². The van der Waals surface area contributed by atoms with E-state index < -0.39 is 23.1 Å². The third-order valence-electron chi connectivity index (χ3n) is 4.38. The summed E-state index contributed by atoms with van der Waals surface area (Å²) in [5.41, 5.74) is 11.3. The molecule has 0 heterocycles. The zero-order valence-electron chi connectivity index (χ0n) is 15.9. The van der Waals surface area contributed by atoms with Gasteiger partial charge in [0, 0.05) is 11.3 Å². The highest BCUT2D eigenvalue weighted by molar-refractivity contribution is 7.80. The quantitative estimate of drug-likeness (QED) is 0.246. The third kappa shape index (κ3) is 4.66. The van der Waals surface area contributed by atoms with Crippen LogP contribution in [0.15, 0.2) is 65.8 Å². The average molecular weight is 424 g/mol. The van der Waals surface area contributed by atoms with Crippen LogP contribution in [0.5, 0.6) is 0 Å². The number of halogens is 2. The van der Waals surface area contributed by atoms with Gasteiger partial charge in [-0.15, -0.1) is 0 Å². The molecule has 8 heteroatoms. The van der Waals surface area contributed by atoms with Crippen LogP contribution in [0.25, 0.3) is 11.1 Å². The molecule has 4 N–H and O–H groups in total. The van der Waals surface area contributed by atoms with Crippen LogP contribution in [0.4, 0.5) is 14.5 Å². The molecule has 0 saturated carbocycles. The number of aryl methyl sites for hydroxylation is 1. The molecule has 3 aromatic carbocycles. The number of carbonyl (C=O) groups is 1. The summed E-state index contributed by atoms with van der Waals surface area (Å²) in [4.78, 5) is 12.7. The van der Waals surface area contributed by atoms with Crippen LogP contribution in [0.1, 0.15) is 21.5 Å². The zero-order chi connectivity index (χ0) is 21.7. The summed E-state index contributed by atoms with van der Waals surface area (Å²) in [7, 11) is 0. The Morgan fingerprint density at radius 1 is 1.07 bits per heavy atom. The lowest BCUT2D eigenvalue weighted by atomic mass is 9.98. The van der Waals surface area contributed by atoms with Crippen LogP contribution < -0.4 is 16.5 Å². The average Bonchev–Trinajstić information content (AvgIpc) is 2.73. The molecule has 0 spiro atoms. The number of amides is 1. The van der Waals surface area contributed by atoms with Gasteiger partial charge in [0.2, 0.25) is 0 Å². The first-order valence-corrected chi connectivity index (χ1v) is 9.31. The molecule has 0 aliphatic heterocycles. The summed E-state index contributed by atoms with van der Waals surface area (Å²) < 4.78 is 27.6. The number of hydrazone groups is 1. The summed E-state index contributed by atoms with van der Waals surface area (Å²) in [6.45, 7) is 1.96. The molecule has 0 unspecified atom stereocenters. The molecule has 5 nitrogen and oxygen atoms in total. The van der Waals surface area contributed by atoms with Gasteiger partial charge in [-0.25, -0.2) is 8.78 Å². The Bertz CT molecular complexity index is 1110. The Balaban J connectivity index is 1.82. The zero-order valence-corrected chi connectivity index (χ0v) is 16.8. The Morgan fingerprint density at radius 3 is 2.37 bits per heavy atom. The minimum Gasteiger partial charge on any atom is -0.388 e. The van der Waals surface area contributed by atoms with E-state index in [1.54, 1.807) is 24.3 Å². The van der Waals surface area contributed by atoms with Crippen LogP contribution in [0.3, 0.4) is 0 Å². The highest BCUT2D eigenvalue weighted by Crippen LogP contribution is 2.26. The molecule has 0 aliphatic rings. The molecule has 3 aromatic rings. The van der Waals surface area contributed by atoms with Crippen molar-refractivity contribution in [3.63, 3.8) is 0 Å². The van der Waals surface area contributed by atoms with Gasteiger partial charge in [-0.05, 0) is 53.9 Å². The van der Waals surface area contributed by atoms with E-state index in [1.807, 2.05) is 25.1 Å². The SMILES string of the molecule is Cc1ccc(C(=S)N/N=C/N)cc1-c1ccc(NC(=O)c2c(F)cccc2F)cc1. The Hall–Kier alpha value is -3.65. The van der Waals surface area contributed by atoms with Crippen molar-refractivity contribution in [1.82, 2.24) is 5.43 Å². The second-order valence-corrected chi connectivity index (χ2v) is 6.79. The van der Waals surface area contributed by atoms with E-state index in [4.69, 9.17) is 18.0 Å². The van der Waals surface area contributed by atoms with E-state index in [2.05, 4.69) is 15.8 Å². The Labute approximate surface area is 177 Å². The summed E-state index contributed by atoms with van der Waals surface area (Å²) in [5.74, 6) is -2.69. The number of rotatable bonds is 5. The van der Waals surface area contributed by atoms with Gasteiger partial charge in [-0.2, -0.15) is 5.10 Å². The highest BCUT2D eigenvalue weighted by atomic mass is 32.1. The monoisotopic (exact) mass is 424 g/mol. The second kappa shape index (κ2) is 9.23. The van der Waals surface area contributed by atoms with Crippen molar-refractivity contribution in [2.24, 2.45) is 10.8 Å². The number of carbonyl (C=O) groups excluding carboxylic acids is 1. The lowest BCUT2D eigenvalue weighted by Gasteiger charge is -2.11. The van der Waals surface area contributed by atoms with Crippen molar-refractivity contribution >= 4 is 35.1 Å². The van der Waals surface area contributed by atoms with Crippen LogP contribution in [-0.4, -0.2) is 17.2 Å². The fraction of sp³-hybridized carbons (Fsp3) is 0.0455. The largest absolute Gasteiger partial charge is 0.388 e. The molecular formula is C22H18F2N4OS. The second-order valence-electron chi connectivity index (χ2n) is 6.38. The van der Waals surface area contributed by atoms with Crippen LogP contribution in [-0.2, 0) is 0 Å². The fourth-order valence-electron chi connectivity index (χ4n) is 2.88. The van der Waals surface area contributed by atoms with E-state index in [1.165, 1.54) is 6.07 Å². The van der Waals surface area contributed by atoms with E-state index >= 15 is 0 Å². The lowest BCUT2D eigenvalue weighted by molar-refractivity contribution is 0.101.